The van der Waals surface area contributed by atoms with Gasteiger partial charge in [-0.25, -0.2) is 0 Å². The molecule has 1 aromatic carbocycles. The number of nitrogens with two attached hydrogens (primary N) is 1. The molecule has 5 heteroatoms. The molecule has 1 rings (SSSR count). The molecule has 0 bridgehead atoms. The number of hydrogen-bond donors (Lipinski definition) is 2. The molecule has 0 amide bonds. The third-order valence-electron chi connectivity index (χ3n) is 1.47. The van der Waals surface area contributed by atoms with Gasteiger partial charge in [-0.05, 0) is 36.1 Å². The third-order valence-corrected chi connectivity index (χ3v) is 1.97. The molecule has 0 fully saturated rings. The summed E-state index contributed by atoms with van der Waals surface area (Å²) in [6, 6.07) is 6.65. The van der Waals surface area contributed by atoms with E-state index in [1.165, 1.54) is 11.8 Å². The molecular formula is C9H11N3OS. The van der Waals surface area contributed by atoms with E-state index >= 15 is 0 Å². The molecule has 0 aliphatic heterocycles. The lowest BCUT2D eigenvalue weighted by atomic mass is 10.2. The average Bonchev–Trinajstić information content (AvgIpc) is 2.21. The fourth-order valence-electron chi connectivity index (χ4n) is 0.754. The smallest absolute Gasteiger partial charge is 0.180 e. The van der Waals surface area contributed by atoms with Gasteiger partial charge in [0.2, 0.25) is 0 Å². The summed E-state index contributed by atoms with van der Waals surface area (Å²) in [5.41, 5.74) is 6.28. The largest absolute Gasteiger partial charge is 0.508 e. The number of nitrogens with zero attached hydrogens (tertiary/aromatic N) is 2. The van der Waals surface area contributed by atoms with E-state index in [2.05, 4.69) is 10.2 Å². The Balaban J connectivity index is 2.65. The van der Waals surface area contributed by atoms with Gasteiger partial charge in [-0.1, -0.05) is 11.8 Å². The highest BCUT2D eigenvalue weighted by molar-refractivity contribution is 8.13. The average molecular weight is 209 g/mol. The van der Waals surface area contributed by atoms with Crippen molar-refractivity contribution in [3.8, 4) is 5.75 Å². The van der Waals surface area contributed by atoms with Crippen LogP contribution in [0.5, 0.6) is 5.75 Å². The van der Waals surface area contributed by atoms with E-state index < -0.39 is 0 Å². The Morgan fingerprint density at radius 1 is 1.43 bits per heavy atom. The fraction of sp³-hybridized carbons (Fsp3) is 0.111. The summed E-state index contributed by atoms with van der Waals surface area (Å²) in [6.45, 7) is 0. The van der Waals surface area contributed by atoms with Gasteiger partial charge in [0.05, 0.1) is 6.21 Å². The lowest BCUT2D eigenvalue weighted by Crippen LogP contribution is -2.03. The molecule has 0 saturated heterocycles. The van der Waals surface area contributed by atoms with Crippen LogP contribution in [0.15, 0.2) is 34.5 Å². The molecule has 0 aliphatic carbocycles. The van der Waals surface area contributed by atoms with Gasteiger partial charge in [0, 0.05) is 0 Å². The number of aromatic hydroxyl groups is 1. The summed E-state index contributed by atoms with van der Waals surface area (Å²) in [4.78, 5) is 0. The lowest BCUT2D eigenvalue weighted by molar-refractivity contribution is 0.475. The van der Waals surface area contributed by atoms with Crippen LogP contribution < -0.4 is 5.73 Å². The van der Waals surface area contributed by atoms with E-state index in [9.17, 15) is 0 Å². The van der Waals surface area contributed by atoms with Crippen LogP contribution in [0.1, 0.15) is 5.56 Å². The van der Waals surface area contributed by atoms with Crippen molar-refractivity contribution in [3.63, 3.8) is 0 Å². The minimum atomic E-state index is 0.231. The second kappa shape index (κ2) is 5.29. The number of thioether (sulfide) groups is 1. The number of benzene rings is 1. The van der Waals surface area contributed by atoms with Crippen LogP contribution in [0.3, 0.4) is 0 Å². The highest BCUT2D eigenvalue weighted by Gasteiger charge is 1.88. The van der Waals surface area contributed by atoms with E-state index in [4.69, 9.17) is 10.8 Å². The van der Waals surface area contributed by atoms with Gasteiger partial charge in [0.15, 0.2) is 5.17 Å². The zero-order valence-corrected chi connectivity index (χ0v) is 8.53. The maximum Gasteiger partial charge on any atom is 0.180 e. The van der Waals surface area contributed by atoms with Crippen LogP contribution in [-0.2, 0) is 0 Å². The van der Waals surface area contributed by atoms with Crippen LogP contribution in [0.4, 0.5) is 0 Å². The molecule has 0 atom stereocenters. The topological polar surface area (TPSA) is 71.0 Å². The Hall–Kier alpha value is -1.49. The first kappa shape index (κ1) is 10.6. The highest BCUT2D eigenvalue weighted by atomic mass is 32.2. The van der Waals surface area contributed by atoms with Crippen molar-refractivity contribution in [2.45, 2.75) is 0 Å². The number of hydrogen-bond acceptors (Lipinski definition) is 4. The van der Waals surface area contributed by atoms with Gasteiger partial charge >= 0.3 is 0 Å². The second-order valence-corrected chi connectivity index (χ2v) is 3.30. The van der Waals surface area contributed by atoms with Crippen molar-refractivity contribution in [2.75, 3.05) is 6.26 Å². The minimum Gasteiger partial charge on any atom is -0.508 e. The first-order valence-corrected chi connectivity index (χ1v) is 5.14. The van der Waals surface area contributed by atoms with Gasteiger partial charge < -0.3 is 10.8 Å². The summed E-state index contributed by atoms with van der Waals surface area (Å²) < 4.78 is 0. The standard InChI is InChI=1S/C9H11N3OS/c1-14-9(10)12-11-6-7-2-4-8(13)5-3-7/h2-6,13H,1H3,(H2,10,12)/b11-6+. The molecule has 3 N–H and O–H groups in total. The molecule has 74 valence electrons. The van der Waals surface area contributed by atoms with Crippen molar-refractivity contribution in [3.05, 3.63) is 29.8 Å². The van der Waals surface area contributed by atoms with Crippen molar-refractivity contribution < 1.29 is 5.11 Å². The van der Waals surface area contributed by atoms with Gasteiger partial charge in [-0.3, -0.25) is 0 Å². The Bertz CT molecular complexity index is 346. The molecule has 14 heavy (non-hydrogen) atoms. The van der Waals surface area contributed by atoms with Crippen molar-refractivity contribution >= 4 is 23.1 Å². The molecular weight excluding hydrogens is 198 g/mol. The van der Waals surface area contributed by atoms with E-state index in [-0.39, 0.29) is 5.75 Å². The second-order valence-electron chi connectivity index (χ2n) is 2.48. The van der Waals surface area contributed by atoms with E-state index in [1.807, 2.05) is 6.26 Å². The minimum absolute atomic E-state index is 0.231. The Labute approximate surface area is 86.5 Å². The number of amidine groups is 1. The quantitative estimate of drug-likeness (QED) is 0.439. The van der Waals surface area contributed by atoms with Crippen molar-refractivity contribution in [2.24, 2.45) is 15.9 Å². The molecule has 0 spiro atoms. The summed E-state index contributed by atoms with van der Waals surface area (Å²) in [7, 11) is 0. The van der Waals surface area contributed by atoms with Gasteiger partial charge in [-0.2, -0.15) is 5.10 Å². The molecule has 0 heterocycles. The summed E-state index contributed by atoms with van der Waals surface area (Å²) in [6.07, 6.45) is 3.40. The van der Waals surface area contributed by atoms with Crippen LogP contribution >= 0.6 is 11.8 Å². The summed E-state index contributed by atoms with van der Waals surface area (Å²) in [5, 5.41) is 16.9. The molecule has 0 aliphatic rings. The van der Waals surface area contributed by atoms with Crippen molar-refractivity contribution in [1.29, 1.82) is 0 Å². The van der Waals surface area contributed by atoms with E-state index in [0.29, 0.717) is 5.17 Å². The zero-order valence-electron chi connectivity index (χ0n) is 7.71. The van der Waals surface area contributed by atoms with E-state index in [1.54, 1.807) is 30.5 Å². The van der Waals surface area contributed by atoms with E-state index in [0.717, 1.165) is 5.56 Å². The SMILES string of the molecule is CS/C(N)=N/N=C/c1ccc(O)cc1. The zero-order chi connectivity index (χ0) is 10.4. The van der Waals surface area contributed by atoms with Crippen molar-refractivity contribution in [1.82, 2.24) is 0 Å². The third kappa shape index (κ3) is 3.49. The number of phenolic OH excluding ortho intramolecular Hbond substituents is 1. The monoisotopic (exact) mass is 209 g/mol. The summed E-state index contributed by atoms with van der Waals surface area (Å²) >= 11 is 1.34. The maximum absolute atomic E-state index is 9.01. The summed E-state index contributed by atoms with van der Waals surface area (Å²) in [5.74, 6) is 0.231. The maximum atomic E-state index is 9.01. The molecule has 4 nitrogen and oxygen atoms in total. The Morgan fingerprint density at radius 2 is 2.07 bits per heavy atom. The fourth-order valence-corrected chi connectivity index (χ4v) is 0.882. The van der Waals surface area contributed by atoms with Crippen LogP contribution in [-0.4, -0.2) is 22.7 Å². The first-order chi connectivity index (χ1) is 6.72. The van der Waals surface area contributed by atoms with Crippen LogP contribution in [0.25, 0.3) is 0 Å². The van der Waals surface area contributed by atoms with Gasteiger partial charge in [-0.15, -0.1) is 5.10 Å². The number of rotatable bonds is 2. The first-order valence-electron chi connectivity index (χ1n) is 3.92. The lowest BCUT2D eigenvalue weighted by Gasteiger charge is -1.92. The highest BCUT2D eigenvalue weighted by Crippen LogP contribution is 2.07. The number of phenols is 1. The molecule has 0 radical (unpaired) electrons. The molecule has 0 saturated carbocycles. The van der Waals surface area contributed by atoms with Crippen LogP contribution in [0, 0.1) is 0 Å². The molecule has 0 aromatic heterocycles. The Kier molecular flexibility index (Phi) is 4.00. The molecule has 1 aromatic rings. The predicted octanol–water partition coefficient (Wildman–Crippen LogP) is 1.40. The predicted molar refractivity (Wildman–Crippen MR) is 60.8 cm³/mol. The van der Waals surface area contributed by atoms with Gasteiger partial charge in [0.25, 0.3) is 0 Å². The molecule has 0 unspecified atom stereocenters. The Morgan fingerprint density at radius 3 is 2.64 bits per heavy atom. The normalized spacial score (nSPS) is 12.2. The van der Waals surface area contributed by atoms with Gasteiger partial charge in [0.1, 0.15) is 5.75 Å². The van der Waals surface area contributed by atoms with Crippen LogP contribution in [0.2, 0.25) is 0 Å².